The molecule has 0 amide bonds. The maximum absolute atomic E-state index is 5.26. The second kappa shape index (κ2) is 13.2. The Morgan fingerprint density at radius 3 is 1.51 bits per heavy atom. The smallest absolute Gasteiger partial charge is 0.182 e. The molecule has 59 heavy (non-hydrogen) atoms. The van der Waals surface area contributed by atoms with Gasteiger partial charge in [0.25, 0.3) is 0 Å². The van der Waals surface area contributed by atoms with Gasteiger partial charge in [-0.15, -0.1) is 0 Å². The van der Waals surface area contributed by atoms with Crippen molar-refractivity contribution in [3.63, 3.8) is 0 Å². The topological polar surface area (TPSA) is 34.0 Å². The molecule has 0 radical (unpaired) electrons. The molecule has 4 nitrogen and oxygen atoms in total. The second-order valence-corrected chi connectivity index (χ2v) is 19.0. The molecule has 0 saturated carbocycles. The quantitative estimate of drug-likeness (QED) is 0.158. The number of benzene rings is 8. The Hall–Kier alpha value is -7.60. The molecular weight excluding hydrogens is 733 g/mol. The van der Waals surface area contributed by atoms with Crippen LogP contribution in [0.25, 0.3) is 61.6 Å². The van der Waals surface area contributed by atoms with E-state index >= 15 is 0 Å². The minimum Gasteiger partial charge on any atom is -0.311 e. The molecule has 5 heteroatoms. The number of para-hydroxylation sites is 3. The Labute approximate surface area is 344 Å². The molecule has 0 bridgehead atoms. The summed E-state index contributed by atoms with van der Waals surface area (Å²) in [6.45, 7) is 0. The lowest BCUT2D eigenvalue weighted by molar-refractivity contribution is 1.08. The summed E-state index contributed by atoms with van der Waals surface area (Å²) in [6, 6.07) is 77.4. The summed E-state index contributed by atoms with van der Waals surface area (Å²) in [5.41, 5.74) is 15.0. The molecule has 0 aliphatic carbocycles. The van der Waals surface area contributed by atoms with Crippen LogP contribution in [0.15, 0.2) is 219 Å². The summed E-state index contributed by atoms with van der Waals surface area (Å²) in [5, 5.41) is 5.75. The van der Waals surface area contributed by atoms with Gasteiger partial charge < -0.3 is 4.90 Å². The van der Waals surface area contributed by atoms with Crippen molar-refractivity contribution < 1.29 is 0 Å². The average Bonchev–Trinajstić information content (AvgIpc) is 3.94. The number of pyridine rings is 1. The number of imidazole rings is 1. The van der Waals surface area contributed by atoms with Crippen LogP contribution in [-0.4, -0.2) is 22.6 Å². The van der Waals surface area contributed by atoms with E-state index in [0.717, 1.165) is 45.3 Å². The van der Waals surface area contributed by atoms with Crippen LogP contribution >= 0.6 is 0 Å². The summed E-state index contributed by atoms with van der Waals surface area (Å²) in [6.07, 6.45) is 1.86. The third-order valence-corrected chi connectivity index (χ3v) is 17.2. The Morgan fingerprint density at radius 2 is 0.881 bits per heavy atom. The lowest BCUT2D eigenvalue weighted by atomic mass is 10.00. The van der Waals surface area contributed by atoms with Crippen LogP contribution in [0.1, 0.15) is 0 Å². The van der Waals surface area contributed by atoms with Crippen molar-refractivity contribution in [2.75, 3.05) is 4.90 Å². The minimum absolute atomic E-state index is 0.854. The number of rotatable bonds is 6. The van der Waals surface area contributed by atoms with Crippen LogP contribution in [-0.2, 0) is 0 Å². The number of hydrogen-bond donors (Lipinski definition) is 0. The molecule has 2 aromatic heterocycles. The highest BCUT2D eigenvalue weighted by atomic mass is 28.3. The van der Waals surface area contributed by atoms with Gasteiger partial charge in [0.2, 0.25) is 0 Å². The average molecular weight is 769 g/mol. The first-order chi connectivity index (χ1) is 29.3. The van der Waals surface area contributed by atoms with Crippen LogP contribution < -0.4 is 25.6 Å². The normalized spacial score (nSPS) is 14.5. The van der Waals surface area contributed by atoms with E-state index in [-0.39, 0.29) is 0 Å². The third-order valence-electron chi connectivity index (χ3n) is 12.3. The maximum Gasteiger partial charge on any atom is 0.182 e. The van der Waals surface area contributed by atoms with Crippen LogP contribution in [0.2, 0.25) is 0 Å². The molecule has 0 fully saturated rings. The molecule has 0 N–H and O–H groups in total. The molecule has 4 heterocycles. The van der Waals surface area contributed by atoms with Gasteiger partial charge in [-0.05, 0) is 115 Å². The van der Waals surface area contributed by atoms with Gasteiger partial charge in [0, 0.05) is 34.5 Å². The van der Waals surface area contributed by atoms with Crippen LogP contribution in [0.3, 0.4) is 0 Å². The first-order valence-corrected chi connectivity index (χ1v) is 22.2. The van der Waals surface area contributed by atoms with Gasteiger partial charge in [-0.3, -0.25) is 4.57 Å². The fourth-order valence-corrected chi connectivity index (χ4v) is 15.5. The molecule has 1 spiro atoms. The van der Waals surface area contributed by atoms with E-state index in [2.05, 4.69) is 216 Å². The predicted molar refractivity (Wildman–Crippen MR) is 246 cm³/mol. The highest BCUT2D eigenvalue weighted by molar-refractivity contribution is 7.24. The van der Waals surface area contributed by atoms with Gasteiger partial charge in [-0.2, -0.15) is 0 Å². The van der Waals surface area contributed by atoms with E-state index < -0.39 is 8.07 Å². The van der Waals surface area contributed by atoms with Crippen LogP contribution in [0.4, 0.5) is 17.1 Å². The maximum atomic E-state index is 5.26. The molecule has 8 aromatic carbocycles. The molecule has 276 valence electrons. The second-order valence-electron chi connectivity index (χ2n) is 15.4. The first-order valence-electron chi connectivity index (χ1n) is 20.2. The lowest BCUT2D eigenvalue weighted by Gasteiger charge is -2.28. The molecule has 2 aliphatic rings. The van der Waals surface area contributed by atoms with Crippen molar-refractivity contribution in [3.05, 3.63) is 219 Å². The third kappa shape index (κ3) is 5.02. The zero-order valence-electron chi connectivity index (χ0n) is 32.1. The van der Waals surface area contributed by atoms with Crippen molar-refractivity contribution in [2.45, 2.75) is 0 Å². The summed E-state index contributed by atoms with van der Waals surface area (Å²) in [4.78, 5) is 12.4. The van der Waals surface area contributed by atoms with Gasteiger partial charge in [0.05, 0.1) is 0 Å². The van der Waals surface area contributed by atoms with E-state index in [1.807, 2.05) is 12.3 Å². The summed E-state index contributed by atoms with van der Waals surface area (Å²) in [5.74, 6) is 0.896. The van der Waals surface area contributed by atoms with Gasteiger partial charge in [-0.25, -0.2) is 9.97 Å². The lowest BCUT2D eigenvalue weighted by Crippen LogP contribution is -2.70. The van der Waals surface area contributed by atoms with Gasteiger partial charge in [0.1, 0.15) is 11.3 Å². The Kier molecular flexibility index (Phi) is 7.52. The molecule has 2 aliphatic heterocycles. The Balaban J connectivity index is 1.05. The molecule has 12 rings (SSSR count). The monoisotopic (exact) mass is 768 g/mol. The highest BCUT2D eigenvalue weighted by Crippen LogP contribution is 2.40. The van der Waals surface area contributed by atoms with Crippen molar-refractivity contribution >= 4 is 57.0 Å². The number of aromatic nitrogens is 3. The van der Waals surface area contributed by atoms with Gasteiger partial charge in [0.15, 0.2) is 13.7 Å². The Bertz CT molecular complexity index is 3160. The molecular formula is C54H36N4Si. The summed E-state index contributed by atoms with van der Waals surface area (Å²) >= 11 is 0. The SMILES string of the molecule is c1ccc(N(c2ccccc2)c2ccc(-c3ccc4c(c3)[Si]3(c5ccccc5-4)c4ccccc4-c4ccc(-c5nc6cccnc6n5-c5ccccc5)cc43)cc2)cc1. The largest absolute Gasteiger partial charge is 0.311 e. The van der Waals surface area contributed by atoms with Crippen molar-refractivity contribution in [1.29, 1.82) is 0 Å². The van der Waals surface area contributed by atoms with E-state index in [0.29, 0.717) is 0 Å². The zero-order valence-corrected chi connectivity index (χ0v) is 33.1. The number of anilines is 3. The molecule has 1 atom stereocenters. The predicted octanol–water partition coefficient (Wildman–Crippen LogP) is 10.6. The fraction of sp³-hybridized carbons (Fsp3) is 0. The van der Waals surface area contributed by atoms with Crippen LogP contribution in [0, 0.1) is 0 Å². The van der Waals surface area contributed by atoms with Gasteiger partial charge >= 0.3 is 0 Å². The number of nitrogens with zero attached hydrogens (tertiary/aromatic N) is 4. The number of fused-ring (bicyclic) bond motifs is 11. The van der Waals surface area contributed by atoms with Crippen LogP contribution in [0.5, 0.6) is 0 Å². The zero-order chi connectivity index (χ0) is 38.9. The van der Waals surface area contributed by atoms with E-state index in [1.54, 1.807) is 0 Å². The van der Waals surface area contributed by atoms with E-state index in [9.17, 15) is 0 Å². The van der Waals surface area contributed by atoms with E-state index in [4.69, 9.17) is 9.97 Å². The standard InChI is InChI=1S/C54H36N4Si/c1-4-15-40(16-5-1)57(41-17-6-2-7-18-41)43-30-26-37(27-31-43)38-28-32-46-44-21-10-12-24-49(44)59(51(46)35-38)50-25-13-11-22-45(50)47-33-29-39(36-52(47)59)53-56-48-23-14-34-55-54(48)58(53)42-19-8-3-9-20-42/h1-36H. The minimum atomic E-state index is -2.79. The summed E-state index contributed by atoms with van der Waals surface area (Å²) < 4.78 is 2.21. The molecule has 1 unspecified atom stereocenters. The molecule has 10 aromatic rings. The van der Waals surface area contributed by atoms with E-state index in [1.165, 1.54) is 54.1 Å². The van der Waals surface area contributed by atoms with Crippen molar-refractivity contribution in [3.8, 4) is 50.5 Å². The molecule has 0 saturated heterocycles. The fourth-order valence-electron chi connectivity index (χ4n) is 9.79. The van der Waals surface area contributed by atoms with Crippen molar-refractivity contribution in [2.24, 2.45) is 0 Å². The highest BCUT2D eigenvalue weighted by Gasteiger charge is 2.54. The summed E-state index contributed by atoms with van der Waals surface area (Å²) in [7, 11) is -2.79. The van der Waals surface area contributed by atoms with Crippen molar-refractivity contribution in [1.82, 2.24) is 14.5 Å². The number of hydrogen-bond acceptors (Lipinski definition) is 3. The van der Waals surface area contributed by atoms with Gasteiger partial charge in [-0.1, -0.05) is 152 Å². The Morgan fingerprint density at radius 1 is 0.390 bits per heavy atom. The first kappa shape index (κ1) is 33.5.